The Morgan fingerprint density at radius 2 is 1.93 bits per heavy atom. The number of nitrogens with one attached hydrogen (secondary N) is 4. The zero-order chi connectivity index (χ0) is 33.2. The summed E-state index contributed by atoms with van der Waals surface area (Å²) in [6.07, 6.45) is 10.0. The quantitative estimate of drug-likeness (QED) is 0.216. The van der Waals surface area contributed by atoms with Crippen LogP contribution in [0.3, 0.4) is 0 Å². The van der Waals surface area contributed by atoms with Crippen LogP contribution in [0, 0.1) is 5.92 Å². The van der Waals surface area contributed by atoms with Crippen LogP contribution in [0.15, 0.2) is 61.1 Å². The highest BCUT2D eigenvalue weighted by atomic mass is 32.2. The Morgan fingerprint density at radius 1 is 1.18 bits per heavy atom. The highest BCUT2D eigenvalue weighted by molar-refractivity contribution is 7.90. The Morgan fingerprint density at radius 3 is 2.56 bits per heavy atom. The van der Waals surface area contributed by atoms with Gasteiger partial charge < -0.3 is 20.7 Å². The summed E-state index contributed by atoms with van der Waals surface area (Å²) in [4.78, 5) is 34.2. The number of aromatic nitrogens is 2. The molecule has 3 amide bonds. The molecule has 3 atom stereocenters. The summed E-state index contributed by atoms with van der Waals surface area (Å²) in [5.41, 5.74) is 0.989. The average Bonchev–Trinajstić information content (AvgIpc) is 3.42. The lowest BCUT2D eigenvalue weighted by Crippen LogP contribution is -2.41. The molecule has 11 nitrogen and oxygen atoms in total. The molecule has 0 saturated heterocycles. The van der Waals surface area contributed by atoms with Gasteiger partial charge in [0.15, 0.2) is 0 Å². The molecule has 2 heterocycles. The fraction of sp³-hybridized carbons (Fsp3) is 0.500. The maximum Gasteiger partial charge on any atom is 0.407 e. The largest absolute Gasteiger partial charge is 0.447 e. The molecule has 1 saturated carbocycles. The number of pyridine rings is 1. The van der Waals surface area contributed by atoms with Crippen molar-refractivity contribution < 1.29 is 22.7 Å². The van der Waals surface area contributed by atoms with Crippen molar-refractivity contribution in [2.45, 2.75) is 91.0 Å². The topological polar surface area (TPSA) is 151 Å². The summed E-state index contributed by atoms with van der Waals surface area (Å²) < 4.78 is 34.3. The molecular weight excluding hydrogens is 613 g/mol. The molecule has 4 N–H and O–H groups in total. The smallest absolute Gasteiger partial charge is 0.407 e. The molecular formula is C32H46N6O5S2. The van der Waals surface area contributed by atoms with Crippen LogP contribution >= 0.6 is 11.3 Å². The molecule has 0 aliphatic heterocycles. The minimum Gasteiger partial charge on any atom is -0.447 e. The Kier molecular flexibility index (Phi) is 12.9. The first-order valence-corrected chi connectivity index (χ1v) is 17.5. The first-order chi connectivity index (χ1) is 21.1. The van der Waals surface area contributed by atoms with Crippen LogP contribution in [0.4, 0.5) is 9.59 Å². The molecule has 45 heavy (non-hydrogen) atoms. The standard InChI is InChI=1S/C32H46N6O5S2/c1-8-24(36-30(39)35-18-26-11-9-10-16-33-26)13-12-23(20-45(41,42)38-32(5,6)7)28-19-34-29(44-28)27-15-14-25(17-22(27)4)37-31(40)43-21(2)3/h8-13,16,19,21-22,25,27,38H,1,14-15,17-18,20H2,2-7H3,(H,37,40)(H2,35,36,39)/b23-12+,24-13+/t22?,25-,27-/m1/s1. The molecule has 1 fully saturated rings. The average molecular weight is 659 g/mol. The van der Waals surface area contributed by atoms with E-state index in [1.54, 1.807) is 51.4 Å². The zero-order valence-electron chi connectivity index (χ0n) is 26.9. The molecule has 1 aliphatic carbocycles. The second-order valence-electron chi connectivity index (χ2n) is 12.5. The monoisotopic (exact) mass is 658 g/mol. The van der Waals surface area contributed by atoms with Gasteiger partial charge >= 0.3 is 12.1 Å². The van der Waals surface area contributed by atoms with Crippen LogP contribution in [0.2, 0.25) is 0 Å². The summed E-state index contributed by atoms with van der Waals surface area (Å²) in [7, 11) is -3.71. The summed E-state index contributed by atoms with van der Waals surface area (Å²) in [6, 6.07) is 5.03. The molecule has 246 valence electrons. The molecule has 0 aromatic carbocycles. The number of ether oxygens (including phenoxy) is 1. The number of hydrogen-bond acceptors (Lipinski definition) is 8. The van der Waals surface area contributed by atoms with Crippen LogP contribution in [-0.4, -0.2) is 53.9 Å². The second-order valence-corrected chi connectivity index (χ2v) is 15.3. The van der Waals surface area contributed by atoms with Crippen molar-refractivity contribution in [3.05, 3.63) is 76.7 Å². The first-order valence-electron chi connectivity index (χ1n) is 15.1. The third-order valence-electron chi connectivity index (χ3n) is 6.90. The van der Waals surface area contributed by atoms with E-state index in [0.717, 1.165) is 29.1 Å². The van der Waals surface area contributed by atoms with Crippen molar-refractivity contribution in [2.75, 3.05) is 5.75 Å². The van der Waals surface area contributed by atoms with E-state index in [0.29, 0.717) is 17.0 Å². The lowest BCUT2D eigenvalue weighted by atomic mass is 9.78. The van der Waals surface area contributed by atoms with Crippen molar-refractivity contribution in [3.8, 4) is 0 Å². The van der Waals surface area contributed by atoms with E-state index in [4.69, 9.17) is 9.72 Å². The van der Waals surface area contributed by atoms with Crippen LogP contribution in [0.1, 0.15) is 82.3 Å². The van der Waals surface area contributed by atoms with Crippen molar-refractivity contribution in [1.82, 2.24) is 30.6 Å². The van der Waals surface area contributed by atoms with Crippen molar-refractivity contribution in [3.63, 3.8) is 0 Å². The third kappa shape index (κ3) is 12.4. The minimum atomic E-state index is -3.71. The van der Waals surface area contributed by atoms with Gasteiger partial charge in [-0.05, 0) is 89.7 Å². The predicted octanol–water partition coefficient (Wildman–Crippen LogP) is 5.62. The van der Waals surface area contributed by atoms with Crippen LogP contribution in [0.25, 0.3) is 5.57 Å². The number of allylic oxidation sites excluding steroid dienone is 3. The lowest BCUT2D eigenvalue weighted by molar-refractivity contribution is 0.107. The van der Waals surface area contributed by atoms with E-state index < -0.39 is 27.7 Å². The number of hydrogen-bond donors (Lipinski definition) is 4. The molecule has 0 radical (unpaired) electrons. The maximum absolute atomic E-state index is 13.2. The van der Waals surface area contributed by atoms with Crippen molar-refractivity contribution >= 4 is 39.1 Å². The van der Waals surface area contributed by atoms with Crippen molar-refractivity contribution in [2.24, 2.45) is 5.92 Å². The highest BCUT2D eigenvalue weighted by Crippen LogP contribution is 2.40. The van der Waals surface area contributed by atoms with Gasteiger partial charge in [0.25, 0.3) is 0 Å². The number of thiazole rings is 1. The fourth-order valence-electron chi connectivity index (χ4n) is 5.02. The SMILES string of the molecule is C=C/C(=C\C=C(/CS(=O)(=O)NC(C)(C)C)c1cnc([C@@H]2CC[C@@H](NC(=O)OC(C)C)CC2C)s1)NC(=O)NCc1ccccn1. The number of carbonyl (C=O) groups is 2. The van der Waals surface area contributed by atoms with Gasteiger partial charge in [0, 0.05) is 35.6 Å². The zero-order valence-corrected chi connectivity index (χ0v) is 28.6. The van der Waals surface area contributed by atoms with E-state index in [-0.39, 0.29) is 36.3 Å². The molecule has 3 rings (SSSR count). The van der Waals surface area contributed by atoms with Gasteiger partial charge in [-0.25, -0.2) is 27.7 Å². The van der Waals surface area contributed by atoms with Gasteiger partial charge in [-0.2, -0.15) is 0 Å². The summed E-state index contributed by atoms with van der Waals surface area (Å²) >= 11 is 1.47. The molecule has 1 unspecified atom stereocenters. The fourth-order valence-corrected chi connectivity index (χ4v) is 7.99. The van der Waals surface area contributed by atoms with E-state index in [2.05, 4.69) is 39.2 Å². The maximum atomic E-state index is 13.2. The number of nitrogens with zero attached hydrogens (tertiary/aromatic N) is 2. The van der Waals surface area contributed by atoms with Crippen molar-refractivity contribution in [1.29, 1.82) is 0 Å². The van der Waals surface area contributed by atoms with Gasteiger partial charge in [0.1, 0.15) is 0 Å². The summed E-state index contributed by atoms with van der Waals surface area (Å²) in [5.74, 6) is 0.155. The van der Waals surface area contributed by atoms with Gasteiger partial charge in [0.2, 0.25) is 10.0 Å². The lowest BCUT2D eigenvalue weighted by Gasteiger charge is -2.33. The Labute approximate surface area is 271 Å². The number of rotatable bonds is 12. The van der Waals surface area contributed by atoms with E-state index in [1.165, 1.54) is 17.4 Å². The summed E-state index contributed by atoms with van der Waals surface area (Å²) in [6.45, 7) is 15.2. The molecule has 13 heteroatoms. The molecule has 0 bridgehead atoms. The van der Waals surface area contributed by atoms with Crippen LogP contribution < -0.4 is 20.7 Å². The van der Waals surface area contributed by atoms with E-state index in [1.807, 2.05) is 26.0 Å². The van der Waals surface area contributed by atoms with E-state index >= 15 is 0 Å². The second kappa shape index (κ2) is 16.1. The van der Waals surface area contributed by atoms with Crippen LogP contribution in [0.5, 0.6) is 0 Å². The first kappa shape index (κ1) is 35.9. The predicted molar refractivity (Wildman–Crippen MR) is 179 cm³/mol. The van der Waals surface area contributed by atoms with E-state index in [9.17, 15) is 18.0 Å². The van der Waals surface area contributed by atoms with Gasteiger partial charge in [0.05, 0.1) is 34.0 Å². The van der Waals surface area contributed by atoms with Gasteiger partial charge in [-0.15, -0.1) is 11.3 Å². The molecule has 0 spiro atoms. The third-order valence-corrected chi connectivity index (χ3v) is 9.72. The normalized spacial score (nSPS) is 19.6. The summed E-state index contributed by atoms with van der Waals surface area (Å²) in [5, 5.41) is 9.38. The Hall–Kier alpha value is -3.55. The van der Waals surface area contributed by atoms with Gasteiger partial charge in [-0.3, -0.25) is 4.98 Å². The number of sulfonamides is 1. The number of amides is 3. The number of alkyl carbamates (subject to hydrolysis) is 1. The minimum absolute atomic E-state index is 0.0297. The molecule has 2 aromatic rings. The van der Waals surface area contributed by atoms with Gasteiger partial charge in [-0.1, -0.05) is 25.6 Å². The number of urea groups is 1. The molecule has 1 aliphatic rings. The van der Waals surface area contributed by atoms with Crippen LogP contribution in [-0.2, 0) is 21.3 Å². The Balaban J connectivity index is 1.78. The Bertz CT molecular complexity index is 1480. The number of carbonyl (C=O) groups excluding carboxylic acids is 2. The molecule has 2 aromatic heterocycles. The highest BCUT2D eigenvalue weighted by Gasteiger charge is 2.32.